The molecule has 3 aromatic rings. The molecule has 0 aliphatic carbocycles. The lowest BCUT2D eigenvalue weighted by atomic mass is 10.3. The minimum atomic E-state index is -2.76. The molecule has 0 fully saturated rings. The number of aryl methyl sites for hydroxylation is 1. The number of nitrogens with zero attached hydrogens (tertiary/aromatic N) is 2. The van der Waals surface area contributed by atoms with Crippen LogP contribution in [-0.4, -0.2) is 10.1 Å². The summed E-state index contributed by atoms with van der Waals surface area (Å²) in [5.41, 5.74) is 1.23. The number of furan rings is 1. The molecule has 29 heavy (non-hydrogen) atoms. The Hall–Kier alpha value is -2.37. The Balaban J connectivity index is 2.29. The lowest BCUT2D eigenvalue weighted by Gasteiger charge is -2.35. The Bertz CT molecular complexity index is 1090. The molecule has 0 N–H and O–H groups in total. The fourth-order valence-corrected chi connectivity index (χ4v) is 6.30. The Morgan fingerprint density at radius 3 is 2.31 bits per heavy atom. The van der Waals surface area contributed by atoms with Crippen LogP contribution >= 0.6 is 23.2 Å². The highest BCUT2D eigenvalue weighted by Crippen LogP contribution is 2.62. The van der Waals surface area contributed by atoms with Gasteiger partial charge in [0.25, 0.3) is 5.69 Å². The van der Waals surface area contributed by atoms with Crippen molar-refractivity contribution < 1.29 is 13.9 Å². The third-order valence-corrected chi connectivity index (χ3v) is 8.57. The SMILES string of the molecule is Cc1ccc([P@@](=Nc2ccc([N+](=O)[O-])cc2Br)(Oc2ccccc2)C(C)(C)C)o1. The molecule has 0 bridgehead atoms. The Morgan fingerprint density at radius 2 is 1.79 bits per heavy atom. The summed E-state index contributed by atoms with van der Waals surface area (Å²) in [6, 6.07) is 17.8. The monoisotopic (exact) mass is 476 g/mol. The number of rotatable bonds is 5. The predicted molar refractivity (Wildman–Crippen MR) is 120 cm³/mol. The summed E-state index contributed by atoms with van der Waals surface area (Å²) in [5.74, 6) is 1.45. The summed E-state index contributed by atoms with van der Waals surface area (Å²) in [7, 11) is -2.76. The highest BCUT2D eigenvalue weighted by atomic mass is 79.9. The maximum Gasteiger partial charge on any atom is 0.270 e. The standard InChI is InChI=1S/C21H22BrN2O4P/c1-15-10-13-20(27-15)29(21(2,3)4,28-17-8-6-5-7-9-17)23-19-12-11-16(24(25)26)14-18(19)22/h5-14H,1-4H3/t29-/m1/s1. The van der Waals surface area contributed by atoms with E-state index in [-0.39, 0.29) is 5.69 Å². The lowest BCUT2D eigenvalue weighted by Crippen LogP contribution is -2.26. The molecule has 152 valence electrons. The molecule has 1 aromatic heterocycles. The average molecular weight is 477 g/mol. The van der Waals surface area contributed by atoms with Gasteiger partial charge >= 0.3 is 0 Å². The predicted octanol–water partition coefficient (Wildman–Crippen LogP) is 7.21. The highest BCUT2D eigenvalue weighted by Gasteiger charge is 2.41. The van der Waals surface area contributed by atoms with E-state index in [1.807, 2.05) is 49.4 Å². The molecule has 3 rings (SSSR count). The number of hydrogen-bond acceptors (Lipinski definition) is 5. The van der Waals surface area contributed by atoms with E-state index in [9.17, 15) is 10.1 Å². The normalized spacial score (nSPS) is 13.6. The molecule has 0 unspecified atom stereocenters. The van der Waals surface area contributed by atoms with Gasteiger partial charge in [0, 0.05) is 17.3 Å². The van der Waals surface area contributed by atoms with Gasteiger partial charge in [-0.2, -0.15) is 0 Å². The van der Waals surface area contributed by atoms with Crippen molar-refractivity contribution in [2.75, 3.05) is 0 Å². The van der Waals surface area contributed by atoms with E-state index < -0.39 is 17.4 Å². The van der Waals surface area contributed by atoms with Crippen LogP contribution in [0.5, 0.6) is 5.75 Å². The van der Waals surface area contributed by atoms with Gasteiger partial charge < -0.3 is 8.94 Å². The van der Waals surface area contributed by atoms with Gasteiger partial charge in [-0.15, -0.1) is 0 Å². The molecular weight excluding hydrogens is 455 g/mol. The van der Waals surface area contributed by atoms with Gasteiger partial charge in [0.15, 0.2) is 5.50 Å². The highest BCUT2D eigenvalue weighted by molar-refractivity contribution is 9.10. The van der Waals surface area contributed by atoms with E-state index in [0.717, 1.165) is 5.76 Å². The van der Waals surface area contributed by atoms with Crippen LogP contribution in [0.1, 0.15) is 26.5 Å². The fourth-order valence-electron chi connectivity index (χ4n) is 2.79. The summed E-state index contributed by atoms with van der Waals surface area (Å²) in [6.45, 7) is 8.06. The van der Waals surface area contributed by atoms with E-state index in [1.165, 1.54) is 12.1 Å². The minimum Gasteiger partial charge on any atom is -0.457 e. The van der Waals surface area contributed by atoms with E-state index in [1.54, 1.807) is 6.07 Å². The zero-order valence-electron chi connectivity index (χ0n) is 16.6. The Morgan fingerprint density at radius 1 is 1.10 bits per heavy atom. The van der Waals surface area contributed by atoms with Crippen LogP contribution in [0.4, 0.5) is 11.4 Å². The quantitative estimate of drug-likeness (QED) is 0.221. The van der Waals surface area contributed by atoms with Crippen LogP contribution in [0.15, 0.2) is 74.3 Å². The second-order valence-electron chi connectivity index (χ2n) is 7.53. The zero-order valence-corrected chi connectivity index (χ0v) is 19.1. The number of halogens is 1. The zero-order chi connectivity index (χ0) is 21.2. The molecule has 0 aliphatic heterocycles. The van der Waals surface area contributed by atoms with Crippen molar-refractivity contribution in [3.05, 3.63) is 81.0 Å². The van der Waals surface area contributed by atoms with Crippen molar-refractivity contribution in [3.8, 4) is 5.75 Å². The fraction of sp³-hybridized carbons (Fsp3) is 0.238. The number of hydrogen-bond donors (Lipinski definition) is 0. The summed E-state index contributed by atoms with van der Waals surface area (Å²) in [5, 5.41) is 10.7. The largest absolute Gasteiger partial charge is 0.457 e. The summed E-state index contributed by atoms with van der Waals surface area (Å²) < 4.78 is 18.2. The van der Waals surface area contributed by atoms with Crippen LogP contribution in [0, 0.1) is 17.0 Å². The summed E-state index contributed by atoms with van der Waals surface area (Å²) in [4.78, 5) is 10.7. The van der Waals surface area contributed by atoms with Gasteiger partial charge in [0.2, 0.25) is 7.28 Å². The topological polar surface area (TPSA) is 77.9 Å². The number of nitro benzene ring substituents is 1. The second-order valence-corrected chi connectivity index (χ2v) is 11.7. The smallest absolute Gasteiger partial charge is 0.270 e. The first-order chi connectivity index (χ1) is 13.6. The summed E-state index contributed by atoms with van der Waals surface area (Å²) in [6.07, 6.45) is 0. The molecule has 0 radical (unpaired) electrons. The van der Waals surface area contributed by atoms with E-state index in [2.05, 4.69) is 36.7 Å². The number of para-hydroxylation sites is 1. The van der Waals surface area contributed by atoms with Crippen molar-refractivity contribution >= 4 is 40.1 Å². The molecule has 0 saturated heterocycles. The van der Waals surface area contributed by atoms with Gasteiger partial charge in [-0.3, -0.25) is 10.1 Å². The van der Waals surface area contributed by atoms with Gasteiger partial charge in [0.05, 0.1) is 15.1 Å². The van der Waals surface area contributed by atoms with Crippen molar-refractivity contribution in [1.29, 1.82) is 0 Å². The molecule has 0 saturated carbocycles. The molecule has 0 aliphatic rings. The molecule has 0 amide bonds. The van der Waals surface area contributed by atoms with Crippen molar-refractivity contribution in [2.24, 2.45) is 4.74 Å². The Labute approximate surface area is 178 Å². The number of nitro groups is 1. The molecule has 6 nitrogen and oxygen atoms in total. The molecular formula is C21H22BrN2O4P. The van der Waals surface area contributed by atoms with Crippen LogP contribution < -0.4 is 10.0 Å². The molecule has 8 heteroatoms. The lowest BCUT2D eigenvalue weighted by molar-refractivity contribution is -0.384. The first-order valence-electron chi connectivity index (χ1n) is 9.00. The van der Waals surface area contributed by atoms with E-state index >= 15 is 0 Å². The van der Waals surface area contributed by atoms with Gasteiger partial charge in [-0.1, -0.05) is 39.0 Å². The first kappa shape index (κ1) is 21.3. The molecule has 2 aromatic carbocycles. The van der Waals surface area contributed by atoms with E-state index in [4.69, 9.17) is 13.7 Å². The van der Waals surface area contributed by atoms with Gasteiger partial charge in [-0.25, -0.2) is 4.74 Å². The van der Waals surface area contributed by atoms with Gasteiger partial charge in [0.1, 0.15) is 11.5 Å². The average Bonchev–Trinajstić information content (AvgIpc) is 3.09. The third-order valence-electron chi connectivity index (χ3n) is 4.31. The van der Waals surface area contributed by atoms with Crippen LogP contribution in [0.2, 0.25) is 0 Å². The second kappa shape index (κ2) is 8.17. The van der Waals surface area contributed by atoms with Crippen molar-refractivity contribution in [3.63, 3.8) is 0 Å². The molecule has 0 spiro atoms. The van der Waals surface area contributed by atoms with Crippen LogP contribution in [-0.2, 0) is 0 Å². The van der Waals surface area contributed by atoms with Crippen molar-refractivity contribution in [1.82, 2.24) is 0 Å². The first-order valence-corrected chi connectivity index (χ1v) is 11.5. The number of non-ortho nitro benzene ring substituents is 1. The molecule has 1 atom stereocenters. The van der Waals surface area contributed by atoms with Crippen LogP contribution in [0.3, 0.4) is 0 Å². The maximum atomic E-state index is 11.1. The summed E-state index contributed by atoms with van der Waals surface area (Å²) >= 11 is 3.43. The molecule has 1 heterocycles. The minimum absolute atomic E-state index is 0.00617. The van der Waals surface area contributed by atoms with Gasteiger partial charge in [-0.05, 0) is 53.2 Å². The number of benzene rings is 2. The van der Waals surface area contributed by atoms with Crippen LogP contribution in [0.25, 0.3) is 0 Å². The Kier molecular flexibility index (Phi) is 6.01. The van der Waals surface area contributed by atoms with E-state index in [0.29, 0.717) is 21.4 Å². The maximum absolute atomic E-state index is 11.1. The van der Waals surface area contributed by atoms with Crippen molar-refractivity contribution in [2.45, 2.75) is 32.9 Å². The third kappa shape index (κ3) is 4.46.